The van der Waals surface area contributed by atoms with Crippen molar-refractivity contribution in [3.63, 3.8) is 0 Å². The highest BCUT2D eigenvalue weighted by Gasteiger charge is 2.18. The maximum atomic E-state index is 11.9. The van der Waals surface area contributed by atoms with Crippen LogP contribution >= 0.6 is 15.9 Å². The molecule has 0 saturated heterocycles. The summed E-state index contributed by atoms with van der Waals surface area (Å²) in [5.41, 5.74) is -0.226. The van der Waals surface area contributed by atoms with Crippen LogP contribution < -0.4 is 10.1 Å². The van der Waals surface area contributed by atoms with E-state index in [0.717, 1.165) is 4.47 Å². The number of benzene rings is 2. The van der Waals surface area contributed by atoms with Crippen LogP contribution in [0.1, 0.15) is 10.4 Å². The van der Waals surface area contributed by atoms with Gasteiger partial charge in [0.2, 0.25) is 0 Å². The Labute approximate surface area is 147 Å². The Morgan fingerprint density at radius 3 is 2.75 bits per heavy atom. The molecule has 0 bridgehead atoms. The Morgan fingerprint density at radius 2 is 2.00 bits per heavy atom. The SMILES string of the molecule is O=C(NCC#CCOc1cccc(Br)c1)c1ccccc1[N+](=O)[O-]. The lowest BCUT2D eigenvalue weighted by atomic mass is 10.1. The van der Waals surface area contributed by atoms with Crippen LogP contribution in [0.25, 0.3) is 0 Å². The van der Waals surface area contributed by atoms with E-state index in [1.807, 2.05) is 24.3 Å². The average Bonchev–Trinajstić information content (AvgIpc) is 2.57. The normalized spacial score (nSPS) is 9.54. The Balaban J connectivity index is 1.82. The number of ether oxygens (including phenoxy) is 1. The second-order valence-electron chi connectivity index (χ2n) is 4.56. The van der Waals surface area contributed by atoms with Gasteiger partial charge in [0, 0.05) is 10.5 Å². The van der Waals surface area contributed by atoms with E-state index in [4.69, 9.17) is 4.74 Å². The Hall–Kier alpha value is -2.85. The smallest absolute Gasteiger partial charge is 0.282 e. The summed E-state index contributed by atoms with van der Waals surface area (Å²) in [5.74, 6) is 5.64. The third kappa shape index (κ3) is 5.11. The van der Waals surface area contributed by atoms with Crippen LogP contribution in [0.15, 0.2) is 53.0 Å². The first-order valence-electron chi connectivity index (χ1n) is 6.93. The van der Waals surface area contributed by atoms with Gasteiger partial charge in [-0.05, 0) is 24.3 Å². The number of halogens is 1. The quantitative estimate of drug-likeness (QED) is 0.484. The minimum atomic E-state index is -0.591. The highest BCUT2D eigenvalue weighted by molar-refractivity contribution is 9.10. The predicted octanol–water partition coefficient (Wildman–Crippen LogP) is 3.17. The third-order valence-electron chi connectivity index (χ3n) is 2.91. The minimum absolute atomic E-state index is 0.00897. The molecule has 0 fully saturated rings. The monoisotopic (exact) mass is 388 g/mol. The van der Waals surface area contributed by atoms with Gasteiger partial charge in [0.25, 0.3) is 11.6 Å². The molecule has 0 aliphatic rings. The molecule has 0 aromatic heterocycles. The summed E-state index contributed by atoms with van der Waals surface area (Å²) in [7, 11) is 0. The Bertz CT molecular complexity index is 811. The molecular formula is C17H13BrN2O4. The first-order valence-corrected chi connectivity index (χ1v) is 7.73. The van der Waals surface area contributed by atoms with Crippen molar-refractivity contribution in [2.75, 3.05) is 13.2 Å². The highest BCUT2D eigenvalue weighted by Crippen LogP contribution is 2.18. The van der Waals surface area contributed by atoms with E-state index < -0.39 is 10.8 Å². The van der Waals surface area contributed by atoms with E-state index in [1.165, 1.54) is 18.2 Å². The Kier molecular flexibility index (Phi) is 6.34. The fraction of sp³-hybridized carbons (Fsp3) is 0.118. The molecule has 24 heavy (non-hydrogen) atoms. The van der Waals surface area contributed by atoms with Crippen molar-refractivity contribution < 1.29 is 14.5 Å². The van der Waals surface area contributed by atoms with E-state index >= 15 is 0 Å². The standard InChI is InChI=1S/C17H13BrN2O4/c18-13-6-5-7-14(12-13)24-11-4-3-10-19-17(21)15-8-1-2-9-16(15)20(22)23/h1-2,5-9,12H,10-11H2,(H,19,21). The molecule has 0 atom stereocenters. The second-order valence-corrected chi connectivity index (χ2v) is 5.47. The summed E-state index contributed by atoms with van der Waals surface area (Å²) in [6.07, 6.45) is 0. The zero-order chi connectivity index (χ0) is 17.4. The molecule has 6 nitrogen and oxygen atoms in total. The average molecular weight is 389 g/mol. The van der Waals surface area contributed by atoms with E-state index in [9.17, 15) is 14.9 Å². The van der Waals surface area contributed by atoms with Gasteiger partial charge < -0.3 is 10.1 Å². The number of nitrogens with one attached hydrogen (secondary N) is 1. The molecule has 0 aliphatic carbocycles. The molecule has 0 unspecified atom stereocenters. The van der Waals surface area contributed by atoms with Crippen molar-refractivity contribution in [2.45, 2.75) is 0 Å². The molecule has 122 valence electrons. The minimum Gasteiger partial charge on any atom is -0.481 e. The molecule has 0 heterocycles. The highest BCUT2D eigenvalue weighted by atomic mass is 79.9. The third-order valence-corrected chi connectivity index (χ3v) is 3.41. The number of nitrogens with zero attached hydrogens (tertiary/aromatic N) is 1. The molecule has 2 rings (SSSR count). The summed E-state index contributed by atoms with van der Waals surface area (Å²) in [6, 6.07) is 13.1. The molecule has 2 aromatic carbocycles. The topological polar surface area (TPSA) is 81.5 Å². The maximum absolute atomic E-state index is 11.9. The zero-order valence-electron chi connectivity index (χ0n) is 12.5. The lowest BCUT2D eigenvalue weighted by Crippen LogP contribution is -2.24. The molecule has 1 N–H and O–H groups in total. The van der Waals surface area contributed by atoms with Gasteiger partial charge in [-0.3, -0.25) is 14.9 Å². The number of hydrogen-bond acceptors (Lipinski definition) is 4. The van der Waals surface area contributed by atoms with Crippen LogP contribution in [-0.4, -0.2) is 24.0 Å². The maximum Gasteiger partial charge on any atom is 0.282 e. The summed E-state index contributed by atoms with van der Waals surface area (Å²) >= 11 is 3.34. The van der Waals surface area contributed by atoms with Gasteiger partial charge in [-0.25, -0.2) is 0 Å². The van der Waals surface area contributed by atoms with Gasteiger partial charge in [0.05, 0.1) is 11.5 Å². The number of amides is 1. The van der Waals surface area contributed by atoms with Crippen molar-refractivity contribution in [3.05, 3.63) is 68.7 Å². The van der Waals surface area contributed by atoms with Gasteiger partial charge in [0.15, 0.2) is 0 Å². The van der Waals surface area contributed by atoms with Crippen molar-refractivity contribution in [1.82, 2.24) is 5.32 Å². The van der Waals surface area contributed by atoms with Gasteiger partial charge >= 0.3 is 0 Å². The molecule has 0 spiro atoms. The van der Waals surface area contributed by atoms with Gasteiger partial charge in [0.1, 0.15) is 17.9 Å². The first-order chi connectivity index (χ1) is 11.6. The molecule has 1 amide bonds. The van der Waals surface area contributed by atoms with Crippen LogP contribution in [0, 0.1) is 22.0 Å². The van der Waals surface area contributed by atoms with Crippen molar-refractivity contribution in [2.24, 2.45) is 0 Å². The summed E-state index contributed by atoms with van der Waals surface area (Å²) in [6.45, 7) is 0.254. The van der Waals surface area contributed by atoms with Crippen LogP contribution in [-0.2, 0) is 0 Å². The van der Waals surface area contributed by atoms with Crippen molar-refractivity contribution in [1.29, 1.82) is 0 Å². The number of carbonyl (C=O) groups is 1. The number of rotatable bonds is 5. The van der Waals surface area contributed by atoms with Crippen LogP contribution in [0.4, 0.5) is 5.69 Å². The summed E-state index contributed by atoms with van der Waals surface area (Å²) in [5, 5.41) is 13.4. The number of hydrogen-bond donors (Lipinski definition) is 1. The number of nitro groups is 1. The van der Waals surface area contributed by atoms with Gasteiger partial charge in [-0.1, -0.05) is 46.0 Å². The number of carbonyl (C=O) groups excluding carboxylic acids is 1. The Morgan fingerprint density at radius 1 is 1.21 bits per heavy atom. The van der Waals surface area contributed by atoms with Gasteiger partial charge in [-0.15, -0.1) is 0 Å². The molecule has 0 aliphatic heterocycles. The summed E-state index contributed by atoms with van der Waals surface area (Å²) < 4.78 is 6.33. The predicted molar refractivity (Wildman–Crippen MR) is 92.8 cm³/mol. The van der Waals surface area contributed by atoms with E-state index in [0.29, 0.717) is 5.75 Å². The van der Waals surface area contributed by atoms with Crippen LogP contribution in [0.3, 0.4) is 0 Å². The van der Waals surface area contributed by atoms with E-state index in [2.05, 4.69) is 33.1 Å². The van der Waals surface area contributed by atoms with E-state index in [1.54, 1.807) is 6.07 Å². The lowest BCUT2D eigenvalue weighted by molar-refractivity contribution is -0.385. The van der Waals surface area contributed by atoms with Crippen LogP contribution in [0.5, 0.6) is 5.75 Å². The molecule has 7 heteroatoms. The largest absolute Gasteiger partial charge is 0.481 e. The zero-order valence-corrected chi connectivity index (χ0v) is 14.1. The number of para-hydroxylation sites is 1. The molecule has 0 saturated carbocycles. The second kappa shape index (κ2) is 8.70. The van der Waals surface area contributed by atoms with Crippen molar-refractivity contribution >= 4 is 27.5 Å². The van der Waals surface area contributed by atoms with Crippen molar-refractivity contribution in [3.8, 4) is 17.6 Å². The van der Waals surface area contributed by atoms with Gasteiger partial charge in [-0.2, -0.15) is 0 Å². The summed E-state index contributed by atoms with van der Waals surface area (Å²) in [4.78, 5) is 22.2. The molecular weight excluding hydrogens is 376 g/mol. The van der Waals surface area contributed by atoms with E-state index in [-0.39, 0.29) is 24.4 Å². The number of nitro benzene ring substituents is 1. The molecule has 0 radical (unpaired) electrons. The molecule has 2 aromatic rings. The fourth-order valence-electron chi connectivity index (χ4n) is 1.83. The fourth-order valence-corrected chi connectivity index (χ4v) is 2.21. The van der Waals surface area contributed by atoms with Crippen LogP contribution in [0.2, 0.25) is 0 Å². The lowest BCUT2D eigenvalue weighted by Gasteiger charge is -2.02. The first kappa shape index (κ1) is 17.5.